The number of benzene rings is 3. The first-order chi connectivity index (χ1) is 17.6. The van der Waals surface area contributed by atoms with Crippen LogP contribution in [-0.2, 0) is 33.5 Å². The van der Waals surface area contributed by atoms with Crippen LogP contribution in [0.2, 0.25) is 5.02 Å². The van der Waals surface area contributed by atoms with Gasteiger partial charge in [0.05, 0.1) is 42.3 Å². The van der Waals surface area contributed by atoms with Crippen molar-refractivity contribution in [1.29, 1.82) is 0 Å². The molecular formula is C25H21ClF3NO7. The van der Waals surface area contributed by atoms with E-state index < -0.39 is 29.1 Å². The Balaban J connectivity index is 1.58. The molecule has 0 spiro atoms. The molecule has 12 heteroatoms. The third-order valence-corrected chi connectivity index (χ3v) is 5.28. The SMILES string of the molecule is COc1ccc(COCCOC(=O)Cc2cc(Oc3ccc(C(F)(F)F)cc3Cl)ccc2[N+](=O)[O-])cc1. The van der Waals surface area contributed by atoms with Gasteiger partial charge in [-0.25, -0.2) is 0 Å². The number of hydrogen-bond acceptors (Lipinski definition) is 7. The molecule has 0 saturated carbocycles. The summed E-state index contributed by atoms with van der Waals surface area (Å²) in [6.45, 7) is 0.328. The smallest absolute Gasteiger partial charge is 0.416 e. The molecule has 8 nitrogen and oxygen atoms in total. The van der Waals surface area contributed by atoms with E-state index in [0.29, 0.717) is 18.4 Å². The molecule has 0 aliphatic rings. The van der Waals surface area contributed by atoms with E-state index in [1.807, 2.05) is 12.1 Å². The highest BCUT2D eigenvalue weighted by Crippen LogP contribution is 2.37. The van der Waals surface area contributed by atoms with Crippen LogP contribution < -0.4 is 9.47 Å². The van der Waals surface area contributed by atoms with E-state index in [4.69, 9.17) is 30.5 Å². The van der Waals surface area contributed by atoms with Crippen LogP contribution in [0.5, 0.6) is 17.2 Å². The maximum absolute atomic E-state index is 12.8. The van der Waals surface area contributed by atoms with Crippen LogP contribution in [0, 0.1) is 10.1 Å². The van der Waals surface area contributed by atoms with Gasteiger partial charge in [-0.05, 0) is 48.0 Å². The molecule has 0 atom stereocenters. The molecule has 0 heterocycles. The molecule has 3 aromatic rings. The Labute approximate surface area is 214 Å². The molecule has 0 aliphatic heterocycles. The lowest BCUT2D eigenvalue weighted by atomic mass is 10.1. The van der Waals surface area contributed by atoms with Gasteiger partial charge in [-0.1, -0.05) is 23.7 Å². The van der Waals surface area contributed by atoms with Crippen molar-refractivity contribution >= 4 is 23.3 Å². The quantitative estimate of drug-likeness (QED) is 0.121. The van der Waals surface area contributed by atoms with E-state index >= 15 is 0 Å². The number of ether oxygens (including phenoxy) is 4. The fourth-order valence-electron chi connectivity index (χ4n) is 3.16. The van der Waals surface area contributed by atoms with Crippen LogP contribution in [0.1, 0.15) is 16.7 Å². The second-order valence-electron chi connectivity index (χ2n) is 7.59. The Morgan fingerprint density at radius 3 is 2.32 bits per heavy atom. The summed E-state index contributed by atoms with van der Waals surface area (Å²) in [4.78, 5) is 23.0. The minimum Gasteiger partial charge on any atom is -0.497 e. The number of nitro benzene ring substituents is 1. The van der Waals surface area contributed by atoms with Gasteiger partial charge < -0.3 is 18.9 Å². The number of nitro groups is 1. The zero-order valence-electron chi connectivity index (χ0n) is 19.4. The topological polar surface area (TPSA) is 97.1 Å². The van der Waals surface area contributed by atoms with Crippen molar-refractivity contribution in [3.63, 3.8) is 0 Å². The Bertz CT molecular complexity index is 1250. The lowest BCUT2D eigenvalue weighted by Crippen LogP contribution is -2.13. The maximum Gasteiger partial charge on any atom is 0.416 e. The van der Waals surface area contributed by atoms with E-state index in [-0.39, 0.29) is 41.0 Å². The Hall–Kier alpha value is -3.83. The van der Waals surface area contributed by atoms with Crippen molar-refractivity contribution in [3.05, 3.63) is 92.5 Å². The zero-order valence-corrected chi connectivity index (χ0v) is 20.2. The highest BCUT2D eigenvalue weighted by molar-refractivity contribution is 6.32. The fraction of sp³-hybridized carbons (Fsp3) is 0.240. The first kappa shape index (κ1) is 27.8. The number of carbonyl (C=O) groups is 1. The summed E-state index contributed by atoms with van der Waals surface area (Å²) in [7, 11) is 1.56. The number of rotatable bonds is 11. The van der Waals surface area contributed by atoms with Crippen LogP contribution in [0.3, 0.4) is 0 Å². The average Bonchev–Trinajstić information content (AvgIpc) is 2.84. The van der Waals surface area contributed by atoms with Crippen LogP contribution >= 0.6 is 11.6 Å². The van der Waals surface area contributed by atoms with Crippen molar-refractivity contribution in [3.8, 4) is 17.2 Å². The average molecular weight is 540 g/mol. The molecule has 0 radical (unpaired) electrons. The number of hydrogen-bond donors (Lipinski definition) is 0. The molecule has 0 aromatic heterocycles. The third kappa shape index (κ3) is 8.09. The first-order valence-electron chi connectivity index (χ1n) is 10.7. The largest absolute Gasteiger partial charge is 0.497 e. The van der Waals surface area contributed by atoms with Gasteiger partial charge in [0, 0.05) is 11.6 Å². The number of methoxy groups -OCH3 is 1. The normalized spacial score (nSPS) is 11.2. The second kappa shape index (κ2) is 12.4. The van der Waals surface area contributed by atoms with E-state index in [1.54, 1.807) is 19.2 Å². The van der Waals surface area contributed by atoms with Gasteiger partial charge in [-0.15, -0.1) is 0 Å². The van der Waals surface area contributed by atoms with Gasteiger partial charge in [-0.2, -0.15) is 13.2 Å². The van der Waals surface area contributed by atoms with Gasteiger partial charge >= 0.3 is 12.1 Å². The zero-order chi connectivity index (χ0) is 27.0. The summed E-state index contributed by atoms with van der Waals surface area (Å²) >= 11 is 5.90. The van der Waals surface area contributed by atoms with Crippen LogP contribution in [0.25, 0.3) is 0 Å². The number of halogens is 4. The van der Waals surface area contributed by atoms with Crippen LogP contribution in [-0.4, -0.2) is 31.2 Å². The minimum atomic E-state index is -4.58. The summed E-state index contributed by atoms with van der Waals surface area (Å²) in [6, 6.07) is 13.4. The van der Waals surface area contributed by atoms with Crippen molar-refractivity contribution in [1.82, 2.24) is 0 Å². The molecule has 0 fully saturated rings. The predicted octanol–water partition coefficient (Wildman–Crippen LogP) is 6.37. The van der Waals surface area contributed by atoms with Crippen molar-refractivity contribution in [2.24, 2.45) is 0 Å². The molecule has 0 N–H and O–H groups in total. The molecule has 3 rings (SSSR count). The Kier molecular flexibility index (Phi) is 9.31. The molecule has 0 unspecified atom stereocenters. The van der Waals surface area contributed by atoms with Gasteiger partial charge in [0.15, 0.2) is 0 Å². The molecule has 37 heavy (non-hydrogen) atoms. The monoisotopic (exact) mass is 539 g/mol. The van der Waals surface area contributed by atoms with E-state index in [1.165, 1.54) is 12.1 Å². The molecule has 0 saturated heterocycles. The third-order valence-electron chi connectivity index (χ3n) is 4.99. The maximum atomic E-state index is 12.8. The summed E-state index contributed by atoms with van der Waals surface area (Å²) < 4.78 is 59.6. The van der Waals surface area contributed by atoms with Crippen molar-refractivity contribution < 1.29 is 41.8 Å². The van der Waals surface area contributed by atoms with Gasteiger partial charge in [0.2, 0.25) is 0 Å². The number of alkyl halides is 3. The van der Waals surface area contributed by atoms with Crippen LogP contribution in [0.15, 0.2) is 60.7 Å². The second-order valence-corrected chi connectivity index (χ2v) is 8.00. The number of esters is 1. The van der Waals surface area contributed by atoms with Gasteiger partial charge in [-0.3, -0.25) is 14.9 Å². The standard InChI is InChI=1S/C25H21ClF3NO7/c1-34-19-5-2-16(3-6-19)15-35-10-11-36-24(31)13-17-12-20(7-8-22(17)30(32)33)37-23-9-4-18(14-21(23)26)25(27,28)29/h2-9,12,14H,10-11,13,15H2,1H3. The predicted molar refractivity (Wildman–Crippen MR) is 127 cm³/mol. The molecule has 0 bridgehead atoms. The lowest BCUT2D eigenvalue weighted by Gasteiger charge is -2.12. The summed E-state index contributed by atoms with van der Waals surface area (Å²) in [5, 5.41) is 11.1. The summed E-state index contributed by atoms with van der Waals surface area (Å²) in [6.07, 6.45) is -5.02. The molecule has 196 valence electrons. The first-order valence-corrected chi connectivity index (χ1v) is 11.1. The summed E-state index contributed by atoms with van der Waals surface area (Å²) in [5.41, 5.74) is -0.411. The fourth-order valence-corrected chi connectivity index (χ4v) is 3.38. The molecule has 0 amide bonds. The van der Waals surface area contributed by atoms with Gasteiger partial charge in [0.1, 0.15) is 23.9 Å². The highest BCUT2D eigenvalue weighted by atomic mass is 35.5. The van der Waals surface area contributed by atoms with Crippen LogP contribution in [0.4, 0.5) is 18.9 Å². The minimum absolute atomic E-state index is 0.00492. The highest BCUT2D eigenvalue weighted by Gasteiger charge is 2.31. The van der Waals surface area contributed by atoms with Crippen molar-refractivity contribution in [2.75, 3.05) is 20.3 Å². The van der Waals surface area contributed by atoms with E-state index in [2.05, 4.69) is 0 Å². The molecule has 3 aromatic carbocycles. The Morgan fingerprint density at radius 2 is 1.70 bits per heavy atom. The van der Waals surface area contributed by atoms with Crippen molar-refractivity contribution in [2.45, 2.75) is 19.2 Å². The summed E-state index contributed by atoms with van der Waals surface area (Å²) in [5.74, 6) is -0.0755. The number of carbonyl (C=O) groups excluding carboxylic acids is 1. The van der Waals surface area contributed by atoms with Gasteiger partial charge in [0.25, 0.3) is 5.69 Å². The number of nitrogens with zero attached hydrogens (tertiary/aromatic N) is 1. The molecular weight excluding hydrogens is 519 g/mol. The van der Waals surface area contributed by atoms with E-state index in [9.17, 15) is 28.1 Å². The lowest BCUT2D eigenvalue weighted by molar-refractivity contribution is -0.385. The van der Waals surface area contributed by atoms with E-state index in [0.717, 1.165) is 23.8 Å². The molecule has 0 aliphatic carbocycles. The Morgan fingerprint density at radius 1 is 1.00 bits per heavy atom.